The second-order valence-electron chi connectivity index (χ2n) is 5.58. The summed E-state index contributed by atoms with van der Waals surface area (Å²) in [6.45, 7) is 4.95. The number of nitrogens with one attached hydrogen (secondary N) is 2. The van der Waals surface area contributed by atoms with Gasteiger partial charge in [0.2, 0.25) is 0 Å². The normalized spacial score (nSPS) is 18.6. The maximum absolute atomic E-state index is 12.2. The molecule has 0 saturated carbocycles. The van der Waals surface area contributed by atoms with Crippen molar-refractivity contribution in [2.24, 2.45) is 5.92 Å². The van der Waals surface area contributed by atoms with Crippen LogP contribution in [0.5, 0.6) is 0 Å². The van der Waals surface area contributed by atoms with E-state index in [0.29, 0.717) is 5.92 Å². The Kier molecular flexibility index (Phi) is 3.74. The summed E-state index contributed by atoms with van der Waals surface area (Å²) in [5, 5.41) is 4.21. The second-order valence-corrected chi connectivity index (χ2v) is 6.72. The summed E-state index contributed by atoms with van der Waals surface area (Å²) in [4.78, 5) is 15.6. The van der Waals surface area contributed by atoms with Gasteiger partial charge in [-0.3, -0.25) is 4.79 Å². The van der Waals surface area contributed by atoms with E-state index in [1.54, 1.807) is 0 Å². The molecule has 1 aromatic heterocycles. The molecule has 0 bridgehead atoms. The molecule has 0 spiro atoms. The van der Waals surface area contributed by atoms with Gasteiger partial charge in [0.15, 0.2) is 0 Å². The van der Waals surface area contributed by atoms with Crippen LogP contribution < -0.4 is 5.32 Å². The molecule has 1 saturated heterocycles. The molecule has 2 aromatic rings. The predicted octanol–water partition coefficient (Wildman–Crippen LogP) is 3.27. The Morgan fingerprint density at radius 3 is 3.05 bits per heavy atom. The first-order chi connectivity index (χ1) is 9.65. The maximum Gasteiger partial charge on any atom is 0.251 e. The van der Waals surface area contributed by atoms with Crippen molar-refractivity contribution in [2.45, 2.75) is 20.3 Å². The average Bonchev–Trinajstić information content (AvgIpc) is 3.06. The largest absolute Gasteiger partial charge is 0.358 e. The van der Waals surface area contributed by atoms with Crippen LogP contribution >= 0.6 is 11.8 Å². The molecule has 1 aliphatic rings. The minimum Gasteiger partial charge on any atom is -0.358 e. The molecule has 4 heteroatoms. The molecule has 2 heterocycles. The molecular formula is C16H20N2OS. The lowest BCUT2D eigenvalue weighted by Crippen LogP contribution is -2.29. The van der Waals surface area contributed by atoms with Crippen molar-refractivity contribution < 1.29 is 4.79 Å². The first kappa shape index (κ1) is 13.6. The molecule has 1 unspecified atom stereocenters. The van der Waals surface area contributed by atoms with Crippen LogP contribution in [0.2, 0.25) is 0 Å². The standard InChI is InChI=1S/C16H20N2OS/c1-10-11(2)18-15-4-3-13(7-14(10)15)16(19)17-8-12-5-6-20-9-12/h3-4,7,12,18H,5-6,8-9H2,1-2H3,(H,17,19). The highest BCUT2D eigenvalue weighted by molar-refractivity contribution is 7.99. The quantitative estimate of drug-likeness (QED) is 0.910. The van der Waals surface area contributed by atoms with Gasteiger partial charge >= 0.3 is 0 Å². The lowest BCUT2D eigenvalue weighted by Gasteiger charge is -2.10. The number of H-pyrrole nitrogens is 1. The van der Waals surface area contributed by atoms with E-state index in [0.717, 1.165) is 23.0 Å². The first-order valence-corrected chi connectivity index (χ1v) is 8.25. The number of hydrogen-bond donors (Lipinski definition) is 2. The van der Waals surface area contributed by atoms with Gasteiger partial charge in [-0.05, 0) is 61.5 Å². The Balaban J connectivity index is 1.75. The van der Waals surface area contributed by atoms with Gasteiger partial charge in [-0.15, -0.1) is 0 Å². The van der Waals surface area contributed by atoms with Crippen LogP contribution in [0, 0.1) is 19.8 Å². The lowest BCUT2D eigenvalue weighted by molar-refractivity contribution is 0.0948. The minimum atomic E-state index is 0.0436. The minimum absolute atomic E-state index is 0.0436. The molecule has 3 nitrogen and oxygen atoms in total. The Hall–Kier alpha value is -1.42. The molecule has 1 amide bonds. The SMILES string of the molecule is Cc1[nH]c2ccc(C(=O)NCC3CCSC3)cc2c1C. The van der Waals surface area contributed by atoms with Crippen molar-refractivity contribution in [1.82, 2.24) is 10.3 Å². The molecule has 106 valence electrons. The molecule has 20 heavy (non-hydrogen) atoms. The van der Waals surface area contributed by atoms with Gasteiger partial charge in [0.25, 0.3) is 5.91 Å². The van der Waals surface area contributed by atoms with Crippen LogP contribution in [-0.4, -0.2) is 28.9 Å². The molecule has 3 rings (SSSR count). The molecular weight excluding hydrogens is 268 g/mol. The van der Waals surface area contributed by atoms with Crippen LogP contribution in [0.4, 0.5) is 0 Å². The van der Waals surface area contributed by atoms with E-state index in [9.17, 15) is 4.79 Å². The molecule has 1 aromatic carbocycles. The summed E-state index contributed by atoms with van der Waals surface area (Å²) >= 11 is 1.98. The number of benzene rings is 1. The van der Waals surface area contributed by atoms with Crippen molar-refractivity contribution in [1.29, 1.82) is 0 Å². The summed E-state index contributed by atoms with van der Waals surface area (Å²) in [5.74, 6) is 3.09. The van der Waals surface area contributed by atoms with E-state index in [-0.39, 0.29) is 5.91 Å². The molecule has 0 radical (unpaired) electrons. The van der Waals surface area contributed by atoms with Crippen molar-refractivity contribution in [3.8, 4) is 0 Å². The molecule has 1 aliphatic heterocycles. The van der Waals surface area contributed by atoms with Gasteiger partial charge in [0.1, 0.15) is 0 Å². The highest BCUT2D eigenvalue weighted by Gasteiger charge is 2.17. The Morgan fingerprint density at radius 1 is 1.45 bits per heavy atom. The van der Waals surface area contributed by atoms with E-state index in [1.165, 1.54) is 29.2 Å². The van der Waals surface area contributed by atoms with E-state index in [4.69, 9.17) is 0 Å². The summed E-state index contributed by atoms with van der Waals surface area (Å²) in [6.07, 6.45) is 1.22. The number of aryl methyl sites for hydroxylation is 2. The molecule has 2 N–H and O–H groups in total. The third-order valence-corrected chi connectivity index (χ3v) is 5.38. The Labute approximate surface area is 123 Å². The van der Waals surface area contributed by atoms with Crippen LogP contribution in [0.3, 0.4) is 0 Å². The van der Waals surface area contributed by atoms with Gasteiger partial charge < -0.3 is 10.3 Å². The zero-order valence-corrected chi connectivity index (χ0v) is 12.8. The number of aromatic amines is 1. The van der Waals surface area contributed by atoms with Gasteiger partial charge in [-0.2, -0.15) is 11.8 Å². The summed E-state index contributed by atoms with van der Waals surface area (Å²) < 4.78 is 0. The van der Waals surface area contributed by atoms with Crippen LogP contribution in [0.15, 0.2) is 18.2 Å². The highest BCUT2D eigenvalue weighted by atomic mass is 32.2. The second kappa shape index (κ2) is 5.52. The smallest absolute Gasteiger partial charge is 0.251 e. The first-order valence-electron chi connectivity index (χ1n) is 7.10. The number of amides is 1. The average molecular weight is 288 g/mol. The van der Waals surface area contributed by atoms with Crippen molar-refractivity contribution in [2.75, 3.05) is 18.1 Å². The zero-order valence-electron chi connectivity index (χ0n) is 12.0. The number of fused-ring (bicyclic) bond motifs is 1. The third-order valence-electron chi connectivity index (χ3n) is 4.15. The third kappa shape index (κ3) is 2.57. The van der Waals surface area contributed by atoms with Crippen molar-refractivity contribution >= 4 is 28.6 Å². The van der Waals surface area contributed by atoms with Crippen LogP contribution in [0.1, 0.15) is 28.0 Å². The molecule has 1 fully saturated rings. The van der Waals surface area contributed by atoms with Gasteiger partial charge in [0.05, 0.1) is 0 Å². The fraction of sp³-hybridized carbons (Fsp3) is 0.438. The van der Waals surface area contributed by atoms with Crippen LogP contribution in [-0.2, 0) is 0 Å². The van der Waals surface area contributed by atoms with Gasteiger partial charge in [-0.1, -0.05) is 0 Å². The van der Waals surface area contributed by atoms with E-state index in [1.807, 2.05) is 30.0 Å². The highest BCUT2D eigenvalue weighted by Crippen LogP contribution is 2.24. The monoisotopic (exact) mass is 288 g/mol. The Morgan fingerprint density at radius 2 is 2.30 bits per heavy atom. The van der Waals surface area contributed by atoms with E-state index in [2.05, 4.69) is 24.1 Å². The number of rotatable bonds is 3. The lowest BCUT2D eigenvalue weighted by atomic mass is 10.1. The van der Waals surface area contributed by atoms with Gasteiger partial charge in [0, 0.05) is 28.7 Å². The molecule has 0 aliphatic carbocycles. The fourth-order valence-corrected chi connectivity index (χ4v) is 3.97. The summed E-state index contributed by atoms with van der Waals surface area (Å²) in [5.41, 5.74) is 4.25. The summed E-state index contributed by atoms with van der Waals surface area (Å²) in [7, 11) is 0. The number of aromatic nitrogens is 1. The number of carbonyl (C=O) groups excluding carboxylic acids is 1. The molecule has 1 atom stereocenters. The Bertz CT molecular complexity index is 641. The summed E-state index contributed by atoms with van der Waals surface area (Å²) in [6, 6.07) is 5.89. The predicted molar refractivity (Wildman–Crippen MR) is 85.5 cm³/mol. The number of hydrogen-bond acceptors (Lipinski definition) is 2. The van der Waals surface area contributed by atoms with E-state index >= 15 is 0 Å². The van der Waals surface area contributed by atoms with Crippen molar-refractivity contribution in [3.63, 3.8) is 0 Å². The van der Waals surface area contributed by atoms with Crippen molar-refractivity contribution in [3.05, 3.63) is 35.0 Å². The van der Waals surface area contributed by atoms with E-state index < -0.39 is 0 Å². The maximum atomic E-state index is 12.2. The number of carbonyl (C=O) groups is 1. The zero-order chi connectivity index (χ0) is 14.1. The topological polar surface area (TPSA) is 44.9 Å². The van der Waals surface area contributed by atoms with Gasteiger partial charge in [-0.25, -0.2) is 0 Å². The number of thioether (sulfide) groups is 1. The van der Waals surface area contributed by atoms with Crippen LogP contribution in [0.25, 0.3) is 10.9 Å². The fourth-order valence-electron chi connectivity index (χ4n) is 2.69.